The fourth-order valence-electron chi connectivity index (χ4n) is 1.97. The Labute approximate surface area is 95.9 Å². The van der Waals surface area contributed by atoms with Crippen LogP contribution in [-0.4, -0.2) is 18.6 Å². The van der Waals surface area contributed by atoms with E-state index in [1.54, 1.807) is 6.20 Å². The fraction of sp³-hybridized carbons (Fsp3) is 0.308. The first-order chi connectivity index (χ1) is 7.74. The Morgan fingerprint density at radius 1 is 1.31 bits per heavy atom. The van der Waals surface area contributed by atoms with Crippen LogP contribution in [0.15, 0.2) is 30.5 Å². The molecule has 1 heterocycles. The molecule has 1 aromatic carbocycles. The number of nitrogen functional groups attached to an aromatic ring is 1. The monoisotopic (exact) mass is 215 g/mol. The van der Waals surface area contributed by atoms with E-state index in [0.29, 0.717) is 0 Å². The van der Waals surface area contributed by atoms with Crippen molar-refractivity contribution in [1.82, 2.24) is 4.98 Å². The summed E-state index contributed by atoms with van der Waals surface area (Å²) in [4.78, 5) is 6.57. The normalized spacial score (nSPS) is 10.6. The molecule has 3 heteroatoms. The van der Waals surface area contributed by atoms with Gasteiger partial charge in [-0.05, 0) is 30.7 Å². The Kier molecular flexibility index (Phi) is 2.95. The van der Waals surface area contributed by atoms with E-state index in [1.165, 1.54) is 5.69 Å². The molecule has 0 atom stereocenters. The standard InChI is InChI=1S/C13H17N3/c1-3-9-16(2)12-7-6-11(14)13-10(12)5-4-8-15-13/h4-8H,3,9,14H2,1-2H3. The van der Waals surface area contributed by atoms with Gasteiger partial charge in [-0.3, -0.25) is 4.98 Å². The molecule has 84 valence electrons. The lowest BCUT2D eigenvalue weighted by Gasteiger charge is -2.20. The minimum absolute atomic E-state index is 0.740. The van der Waals surface area contributed by atoms with Crippen molar-refractivity contribution in [2.24, 2.45) is 0 Å². The van der Waals surface area contributed by atoms with Gasteiger partial charge in [0.25, 0.3) is 0 Å². The molecular formula is C13H17N3. The van der Waals surface area contributed by atoms with Crippen LogP contribution in [0, 0.1) is 0 Å². The maximum atomic E-state index is 5.92. The van der Waals surface area contributed by atoms with Crippen LogP contribution in [0.5, 0.6) is 0 Å². The number of fused-ring (bicyclic) bond motifs is 1. The second-order valence-corrected chi connectivity index (χ2v) is 4.00. The highest BCUT2D eigenvalue weighted by Crippen LogP contribution is 2.28. The van der Waals surface area contributed by atoms with E-state index in [-0.39, 0.29) is 0 Å². The van der Waals surface area contributed by atoms with Gasteiger partial charge in [-0.15, -0.1) is 0 Å². The number of pyridine rings is 1. The molecule has 2 rings (SSSR count). The lowest BCUT2D eigenvalue weighted by Crippen LogP contribution is -2.18. The first-order valence-corrected chi connectivity index (χ1v) is 5.58. The summed E-state index contributed by atoms with van der Waals surface area (Å²) in [5.41, 5.74) is 8.74. The van der Waals surface area contributed by atoms with Crippen LogP contribution in [0.3, 0.4) is 0 Å². The summed E-state index contributed by atoms with van der Waals surface area (Å²) in [6.07, 6.45) is 2.91. The van der Waals surface area contributed by atoms with E-state index in [4.69, 9.17) is 5.73 Å². The summed E-state index contributed by atoms with van der Waals surface area (Å²) < 4.78 is 0. The molecule has 3 nitrogen and oxygen atoms in total. The van der Waals surface area contributed by atoms with Crippen LogP contribution in [0.1, 0.15) is 13.3 Å². The van der Waals surface area contributed by atoms with Gasteiger partial charge >= 0.3 is 0 Å². The predicted molar refractivity (Wildman–Crippen MR) is 69.7 cm³/mol. The lowest BCUT2D eigenvalue weighted by atomic mass is 10.1. The molecular weight excluding hydrogens is 198 g/mol. The Morgan fingerprint density at radius 2 is 2.12 bits per heavy atom. The molecule has 0 amide bonds. The van der Waals surface area contributed by atoms with Gasteiger partial charge in [-0.25, -0.2) is 0 Å². The molecule has 16 heavy (non-hydrogen) atoms. The molecule has 0 spiro atoms. The van der Waals surface area contributed by atoms with Crippen LogP contribution in [0.2, 0.25) is 0 Å². The molecule has 0 unspecified atom stereocenters. The van der Waals surface area contributed by atoms with E-state index in [0.717, 1.165) is 29.6 Å². The van der Waals surface area contributed by atoms with Crippen LogP contribution in [-0.2, 0) is 0 Å². The number of anilines is 2. The van der Waals surface area contributed by atoms with Gasteiger partial charge in [0.05, 0.1) is 11.2 Å². The molecule has 0 saturated carbocycles. The highest BCUT2D eigenvalue weighted by molar-refractivity contribution is 5.98. The molecule has 0 aliphatic heterocycles. The van der Waals surface area contributed by atoms with Crippen molar-refractivity contribution in [3.05, 3.63) is 30.5 Å². The second-order valence-electron chi connectivity index (χ2n) is 4.00. The number of aromatic nitrogens is 1. The summed E-state index contributed by atoms with van der Waals surface area (Å²) in [7, 11) is 2.10. The summed E-state index contributed by atoms with van der Waals surface area (Å²) in [5.74, 6) is 0. The number of nitrogens with two attached hydrogens (primary N) is 1. The molecule has 1 aromatic heterocycles. The van der Waals surface area contributed by atoms with Crippen molar-refractivity contribution in [3.63, 3.8) is 0 Å². The van der Waals surface area contributed by atoms with E-state index in [1.807, 2.05) is 12.1 Å². The summed E-state index contributed by atoms with van der Waals surface area (Å²) in [6, 6.07) is 8.01. The highest BCUT2D eigenvalue weighted by atomic mass is 15.1. The van der Waals surface area contributed by atoms with Crippen LogP contribution in [0.4, 0.5) is 11.4 Å². The Morgan fingerprint density at radius 3 is 2.88 bits per heavy atom. The summed E-state index contributed by atoms with van der Waals surface area (Å²) in [5, 5.41) is 1.12. The van der Waals surface area contributed by atoms with Crippen LogP contribution in [0.25, 0.3) is 10.9 Å². The summed E-state index contributed by atoms with van der Waals surface area (Å²) in [6.45, 7) is 3.21. The number of benzene rings is 1. The highest BCUT2D eigenvalue weighted by Gasteiger charge is 2.07. The minimum Gasteiger partial charge on any atom is -0.397 e. The van der Waals surface area contributed by atoms with Crippen LogP contribution < -0.4 is 10.6 Å². The van der Waals surface area contributed by atoms with Gasteiger partial charge in [-0.1, -0.05) is 6.92 Å². The number of nitrogens with zero attached hydrogens (tertiary/aromatic N) is 2. The van der Waals surface area contributed by atoms with Crippen molar-refractivity contribution >= 4 is 22.3 Å². The second kappa shape index (κ2) is 4.39. The lowest BCUT2D eigenvalue weighted by molar-refractivity contribution is 0.855. The van der Waals surface area contributed by atoms with Gasteiger partial charge in [0.15, 0.2) is 0 Å². The Hall–Kier alpha value is -1.77. The fourth-order valence-corrected chi connectivity index (χ4v) is 1.97. The van der Waals surface area contributed by atoms with Gasteiger partial charge in [0.2, 0.25) is 0 Å². The maximum Gasteiger partial charge on any atom is 0.0951 e. The Balaban J connectivity index is 2.58. The van der Waals surface area contributed by atoms with Gasteiger partial charge in [0, 0.05) is 30.9 Å². The molecule has 2 aromatic rings. The third kappa shape index (κ3) is 1.81. The van der Waals surface area contributed by atoms with Crippen LogP contribution >= 0.6 is 0 Å². The van der Waals surface area contributed by atoms with Gasteiger partial charge in [0.1, 0.15) is 0 Å². The molecule has 0 aliphatic rings. The van der Waals surface area contributed by atoms with Crippen molar-refractivity contribution < 1.29 is 0 Å². The van der Waals surface area contributed by atoms with Crippen molar-refractivity contribution in [3.8, 4) is 0 Å². The van der Waals surface area contributed by atoms with Crippen molar-refractivity contribution in [1.29, 1.82) is 0 Å². The number of hydrogen-bond acceptors (Lipinski definition) is 3. The largest absolute Gasteiger partial charge is 0.397 e. The average molecular weight is 215 g/mol. The topological polar surface area (TPSA) is 42.1 Å². The zero-order valence-electron chi connectivity index (χ0n) is 9.77. The zero-order valence-corrected chi connectivity index (χ0v) is 9.77. The molecule has 0 radical (unpaired) electrons. The zero-order chi connectivity index (χ0) is 11.5. The van der Waals surface area contributed by atoms with Gasteiger partial charge in [-0.2, -0.15) is 0 Å². The third-order valence-corrected chi connectivity index (χ3v) is 2.75. The van der Waals surface area contributed by atoms with Gasteiger partial charge < -0.3 is 10.6 Å². The first kappa shape index (κ1) is 10.7. The number of hydrogen-bond donors (Lipinski definition) is 1. The van der Waals surface area contributed by atoms with E-state index < -0.39 is 0 Å². The molecule has 2 N–H and O–H groups in total. The predicted octanol–water partition coefficient (Wildman–Crippen LogP) is 2.66. The smallest absolute Gasteiger partial charge is 0.0951 e. The number of rotatable bonds is 3. The Bertz CT molecular complexity index is 494. The van der Waals surface area contributed by atoms with E-state index in [2.05, 4.69) is 36.0 Å². The molecule has 0 fully saturated rings. The van der Waals surface area contributed by atoms with Crippen molar-refractivity contribution in [2.45, 2.75) is 13.3 Å². The first-order valence-electron chi connectivity index (χ1n) is 5.58. The van der Waals surface area contributed by atoms with Crippen molar-refractivity contribution in [2.75, 3.05) is 24.2 Å². The summed E-state index contributed by atoms with van der Waals surface area (Å²) >= 11 is 0. The third-order valence-electron chi connectivity index (χ3n) is 2.75. The van der Waals surface area contributed by atoms with E-state index >= 15 is 0 Å². The quantitative estimate of drug-likeness (QED) is 0.800. The maximum absolute atomic E-state index is 5.92. The van der Waals surface area contributed by atoms with E-state index in [9.17, 15) is 0 Å². The average Bonchev–Trinajstić information content (AvgIpc) is 2.30. The molecule has 0 saturated heterocycles. The minimum atomic E-state index is 0.740. The SMILES string of the molecule is CCCN(C)c1ccc(N)c2ncccc12. The molecule has 0 aliphatic carbocycles. The molecule has 0 bridgehead atoms.